The van der Waals surface area contributed by atoms with Crippen LogP contribution in [0.2, 0.25) is 0 Å². The minimum Gasteiger partial charge on any atom is -0.423 e. The van der Waals surface area contributed by atoms with Crippen molar-refractivity contribution in [1.82, 2.24) is 0 Å². The van der Waals surface area contributed by atoms with Crippen molar-refractivity contribution in [3.8, 4) is 0 Å². The lowest BCUT2D eigenvalue weighted by molar-refractivity contribution is 0.420. The second-order valence-corrected chi connectivity index (χ2v) is 3.34. The molecule has 0 amide bonds. The topological polar surface area (TPSA) is 40.5 Å². The molecule has 0 aromatic carbocycles. The summed E-state index contributed by atoms with van der Waals surface area (Å²) in [5.41, 5.74) is 2.12. The molecule has 16 heavy (non-hydrogen) atoms. The van der Waals surface area contributed by atoms with Crippen molar-refractivity contribution in [3.05, 3.63) is 72.3 Å². The summed E-state index contributed by atoms with van der Waals surface area (Å²) in [7, 11) is -1.48. The first kappa shape index (κ1) is 12.5. The number of allylic oxidation sites excluding steroid dienone is 10. The highest BCUT2D eigenvalue weighted by Crippen LogP contribution is 2.23. The van der Waals surface area contributed by atoms with Crippen LogP contribution < -0.4 is 0 Å². The molecule has 0 aromatic rings. The van der Waals surface area contributed by atoms with Gasteiger partial charge in [-0.25, -0.2) is 0 Å². The van der Waals surface area contributed by atoms with Gasteiger partial charge in [-0.15, -0.1) is 0 Å². The molecular formula is C13H15BO2. The first-order valence-electron chi connectivity index (χ1n) is 5.09. The van der Waals surface area contributed by atoms with Crippen molar-refractivity contribution in [2.24, 2.45) is 0 Å². The van der Waals surface area contributed by atoms with E-state index in [4.69, 9.17) is 0 Å². The van der Waals surface area contributed by atoms with Crippen LogP contribution in [0.5, 0.6) is 0 Å². The monoisotopic (exact) mass is 214 g/mol. The van der Waals surface area contributed by atoms with Crippen molar-refractivity contribution in [1.29, 1.82) is 0 Å². The summed E-state index contributed by atoms with van der Waals surface area (Å²) in [4.78, 5) is 0. The third-order valence-electron chi connectivity index (χ3n) is 2.29. The Morgan fingerprint density at radius 1 is 1.31 bits per heavy atom. The molecule has 0 aromatic heterocycles. The van der Waals surface area contributed by atoms with Crippen molar-refractivity contribution < 1.29 is 10.0 Å². The molecule has 1 rings (SSSR count). The Kier molecular flexibility index (Phi) is 4.77. The van der Waals surface area contributed by atoms with Crippen LogP contribution in [0.3, 0.4) is 0 Å². The molecule has 0 radical (unpaired) electrons. The van der Waals surface area contributed by atoms with E-state index in [-0.39, 0.29) is 0 Å². The van der Waals surface area contributed by atoms with Gasteiger partial charge in [0.1, 0.15) is 0 Å². The SMILES string of the molecule is C=C/C=C\C1=CCC=CC(B(O)O)=C1C=C. The van der Waals surface area contributed by atoms with Crippen LogP contribution in [0.15, 0.2) is 72.3 Å². The van der Waals surface area contributed by atoms with Gasteiger partial charge in [0, 0.05) is 0 Å². The minimum atomic E-state index is -1.48. The molecular weight excluding hydrogens is 199 g/mol. The van der Waals surface area contributed by atoms with Crippen LogP contribution in [0.4, 0.5) is 0 Å². The van der Waals surface area contributed by atoms with Crippen LogP contribution in [0.25, 0.3) is 0 Å². The van der Waals surface area contributed by atoms with Gasteiger partial charge in [-0.3, -0.25) is 0 Å². The first-order valence-corrected chi connectivity index (χ1v) is 5.09. The highest BCUT2D eigenvalue weighted by atomic mass is 16.4. The summed E-state index contributed by atoms with van der Waals surface area (Å²) < 4.78 is 0. The highest BCUT2D eigenvalue weighted by Gasteiger charge is 2.18. The summed E-state index contributed by atoms with van der Waals surface area (Å²) >= 11 is 0. The zero-order valence-corrected chi connectivity index (χ0v) is 9.13. The molecule has 0 unspecified atom stereocenters. The fourth-order valence-corrected chi connectivity index (χ4v) is 1.55. The molecule has 0 aliphatic heterocycles. The predicted molar refractivity (Wildman–Crippen MR) is 68.6 cm³/mol. The van der Waals surface area contributed by atoms with Gasteiger partial charge in [0.05, 0.1) is 0 Å². The quantitative estimate of drug-likeness (QED) is 0.555. The van der Waals surface area contributed by atoms with Crippen molar-refractivity contribution in [3.63, 3.8) is 0 Å². The van der Waals surface area contributed by atoms with Gasteiger partial charge in [0.2, 0.25) is 0 Å². The molecule has 82 valence electrons. The second kappa shape index (κ2) is 6.11. The lowest BCUT2D eigenvalue weighted by Gasteiger charge is -2.08. The second-order valence-electron chi connectivity index (χ2n) is 3.34. The summed E-state index contributed by atoms with van der Waals surface area (Å²) in [6, 6.07) is 0. The Hall–Kier alpha value is -1.58. The molecule has 1 aliphatic carbocycles. The maximum atomic E-state index is 9.27. The third-order valence-corrected chi connectivity index (χ3v) is 2.29. The van der Waals surface area contributed by atoms with E-state index in [0.29, 0.717) is 5.47 Å². The summed E-state index contributed by atoms with van der Waals surface area (Å²) in [5, 5.41) is 18.5. The minimum absolute atomic E-state index is 0.465. The van der Waals surface area contributed by atoms with Gasteiger partial charge in [0.15, 0.2) is 0 Å². The largest absolute Gasteiger partial charge is 0.489 e. The molecule has 2 N–H and O–H groups in total. The Balaban J connectivity index is 3.22. The Labute approximate surface area is 96.5 Å². The average Bonchev–Trinajstić information content (AvgIpc) is 2.47. The molecule has 3 heteroatoms. The van der Waals surface area contributed by atoms with E-state index in [1.165, 1.54) is 0 Å². The van der Waals surface area contributed by atoms with Crippen molar-refractivity contribution in [2.75, 3.05) is 0 Å². The third kappa shape index (κ3) is 2.96. The fourth-order valence-electron chi connectivity index (χ4n) is 1.55. The Morgan fingerprint density at radius 3 is 2.62 bits per heavy atom. The molecule has 1 aliphatic rings. The fraction of sp³-hybridized carbons (Fsp3) is 0.0769. The molecule has 0 bridgehead atoms. The molecule has 0 saturated carbocycles. The smallest absolute Gasteiger partial charge is 0.423 e. The molecule has 2 nitrogen and oxygen atoms in total. The average molecular weight is 214 g/mol. The molecule has 0 heterocycles. The maximum absolute atomic E-state index is 9.27. The van der Waals surface area contributed by atoms with Gasteiger partial charge in [0.25, 0.3) is 0 Å². The van der Waals surface area contributed by atoms with E-state index >= 15 is 0 Å². The predicted octanol–water partition coefficient (Wildman–Crippen LogP) is 2.11. The van der Waals surface area contributed by atoms with E-state index in [9.17, 15) is 10.0 Å². The van der Waals surface area contributed by atoms with Crippen LogP contribution in [0, 0.1) is 0 Å². The van der Waals surface area contributed by atoms with Crippen LogP contribution in [0.1, 0.15) is 6.42 Å². The lowest BCUT2D eigenvalue weighted by atomic mass is 9.74. The molecule has 0 fully saturated rings. The highest BCUT2D eigenvalue weighted by molar-refractivity contribution is 6.52. The Morgan fingerprint density at radius 2 is 2.06 bits per heavy atom. The van der Waals surface area contributed by atoms with Crippen LogP contribution in [-0.2, 0) is 0 Å². The van der Waals surface area contributed by atoms with E-state index in [0.717, 1.165) is 17.6 Å². The maximum Gasteiger partial charge on any atom is 0.489 e. The molecule has 0 saturated heterocycles. The molecule has 0 atom stereocenters. The van der Waals surface area contributed by atoms with Gasteiger partial charge in [-0.2, -0.15) is 0 Å². The number of hydrogen-bond acceptors (Lipinski definition) is 2. The van der Waals surface area contributed by atoms with Gasteiger partial charge >= 0.3 is 7.12 Å². The lowest BCUT2D eigenvalue weighted by Crippen LogP contribution is -2.16. The number of hydrogen-bond donors (Lipinski definition) is 2. The van der Waals surface area contributed by atoms with Crippen molar-refractivity contribution >= 4 is 7.12 Å². The van der Waals surface area contributed by atoms with Crippen LogP contribution in [-0.4, -0.2) is 17.2 Å². The van der Waals surface area contributed by atoms with Gasteiger partial charge in [-0.05, 0) is 23.0 Å². The zero-order valence-electron chi connectivity index (χ0n) is 9.13. The van der Waals surface area contributed by atoms with E-state index < -0.39 is 7.12 Å². The zero-order chi connectivity index (χ0) is 12.0. The summed E-state index contributed by atoms with van der Waals surface area (Å²) in [5.74, 6) is 0. The van der Waals surface area contributed by atoms with E-state index in [1.807, 2.05) is 24.3 Å². The van der Waals surface area contributed by atoms with E-state index in [1.54, 1.807) is 18.2 Å². The Bertz CT molecular complexity index is 398. The van der Waals surface area contributed by atoms with Gasteiger partial charge < -0.3 is 10.0 Å². The van der Waals surface area contributed by atoms with Gasteiger partial charge in [-0.1, -0.05) is 55.7 Å². The standard InChI is InChI=1S/C13H15BO2/c1-3-5-8-11-9-6-7-10-13(14(15)16)12(11)4-2/h3-5,7-10,15-16H,1-2,6H2/b8-5-. The summed E-state index contributed by atoms with van der Waals surface area (Å²) in [6.07, 6.45) is 13.3. The van der Waals surface area contributed by atoms with Crippen LogP contribution >= 0.6 is 0 Å². The van der Waals surface area contributed by atoms with Crippen molar-refractivity contribution in [2.45, 2.75) is 6.42 Å². The van der Waals surface area contributed by atoms with E-state index in [2.05, 4.69) is 13.2 Å². The first-order chi connectivity index (χ1) is 7.70. The molecule has 0 spiro atoms. The summed E-state index contributed by atoms with van der Waals surface area (Å²) in [6.45, 7) is 7.31. The number of rotatable bonds is 4. The normalized spacial score (nSPS) is 16.0.